The third-order valence-electron chi connectivity index (χ3n) is 4.08. The van der Waals surface area contributed by atoms with Gasteiger partial charge in [-0.1, -0.05) is 24.3 Å². The lowest BCUT2D eigenvalue weighted by molar-refractivity contribution is -0.153. The average Bonchev–Trinajstić information content (AvgIpc) is 2.92. The summed E-state index contributed by atoms with van der Waals surface area (Å²) in [5, 5.41) is 4.45. The topological polar surface area (TPSA) is 64.0 Å². The Hall–Kier alpha value is -2.46. The summed E-state index contributed by atoms with van der Waals surface area (Å²) >= 11 is 0. The SMILES string of the molecule is Cc1cccc2c1c(C)nn2S(=O)(=O)NC(c1ccc(F)cc1)C(F)(F)F. The van der Waals surface area contributed by atoms with Gasteiger partial charge >= 0.3 is 16.4 Å². The number of halogens is 4. The van der Waals surface area contributed by atoms with Gasteiger partial charge in [0.05, 0.1) is 11.2 Å². The van der Waals surface area contributed by atoms with E-state index in [2.05, 4.69) is 5.10 Å². The summed E-state index contributed by atoms with van der Waals surface area (Å²) in [4.78, 5) is 0. The summed E-state index contributed by atoms with van der Waals surface area (Å²) in [6.07, 6.45) is -4.93. The van der Waals surface area contributed by atoms with Gasteiger partial charge in [0, 0.05) is 5.39 Å². The van der Waals surface area contributed by atoms with Crippen molar-refractivity contribution < 1.29 is 26.0 Å². The minimum atomic E-state index is -4.93. The lowest BCUT2D eigenvalue weighted by Gasteiger charge is -2.22. The maximum atomic E-state index is 13.5. The van der Waals surface area contributed by atoms with Crippen molar-refractivity contribution in [3.8, 4) is 0 Å². The fourth-order valence-electron chi connectivity index (χ4n) is 2.88. The molecule has 0 aliphatic heterocycles. The minimum Gasteiger partial charge on any atom is -0.207 e. The van der Waals surface area contributed by atoms with Crippen molar-refractivity contribution in [2.24, 2.45) is 0 Å². The Balaban J connectivity index is 2.09. The van der Waals surface area contributed by atoms with E-state index in [1.165, 1.54) is 6.07 Å². The number of aromatic nitrogens is 2. The molecule has 3 aromatic rings. The van der Waals surface area contributed by atoms with Crippen molar-refractivity contribution in [1.29, 1.82) is 0 Å². The fraction of sp³-hybridized carbons (Fsp3) is 0.235. The standard InChI is InChI=1S/C17H15F4N3O2S/c1-10-4-3-5-14-15(10)11(2)22-24(14)27(25,26)23-16(17(19,20)21)12-6-8-13(18)9-7-12/h3-9,16,23H,1-2H3. The minimum absolute atomic E-state index is 0.167. The molecule has 0 saturated carbocycles. The highest BCUT2D eigenvalue weighted by atomic mass is 32.2. The van der Waals surface area contributed by atoms with Crippen molar-refractivity contribution in [3.63, 3.8) is 0 Å². The third kappa shape index (κ3) is 3.67. The molecule has 0 amide bonds. The van der Waals surface area contributed by atoms with Crippen molar-refractivity contribution >= 4 is 21.1 Å². The van der Waals surface area contributed by atoms with Gasteiger partial charge < -0.3 is 0 Å². The van der Waals surface area contributed by atoms with Gasteiger partial charge in [-0.05, 0) is 43.2 Å². The second-order valence-corrected chi connectivity index (χ2v) is 7.58. The second kappa shape index (κ2) is 6.61. The van der Waals surface area contributed by atoms with Crippen LogP contribution >= 0.6 is 0 Å². The first-order chi connectivity index (χ1) is 12.5. The molecule has 0 fully saturated rings. The van der Waals surface area contributed by atoms with Crippen LogP contribution in [0.25, 0.3) is 10.9 Å². The van der Waals surface area contributed by atoms with Crippen LogP contribution in [0.5, 0.6) is 0 Å². The lowest BCUT2D eigenvalue weighted by Crippen LogP contribution is -2.41. The summed E-state index contributed by atoms with van der Waals surface area (Å²) in [7, 11) is -4.68. The first kappa shape index (κ1) is 19.3. The Morgan fingerprint density at radius 2 is 1.70 bits per heavy atom. The number of benzene rings is 2. The molecule has 0 aliphatic rings. The summed E-state index contributed by atoms with van der Waals surface area (Å²) in [6.45, 7) is 3.32. The van der Waals surface area contributed by atoms with E-state index >= 15 is 0 Å². The molecule has 0 radical (unpaired) electrons. The van der Waals surface area contributed by atoms with Crippen LogP contribution in [0.2, 0.25) is 0 Å². The van der Waals surface area contributed by atoms with Gasteiger partial charge in [0.1, 0.15) is 11.9 Å². The van der Waals surface area contributed by atoms with E-state index < -0.39 is 33.8 Å². The molecule has 1 N–H and O–H groups in total. The summed E-state index contributed by atoms with van der Waals surface area (Å²) in [5.41, 5.74) is 0.855. The van der Waals surface area contributed by atoms with Crippen LogP contribution in [-0.4, -0.2) is 23.8 Å². The van der Waals surface area contributed by atoms with Gasteiger partial charge in [0.15, 0.2) is 0 Å². The molecule has 0 spiro atoms. The zero-order chi connectivity index (χ0) is 20.0. The zero-order valence-corrected chi connectivity index (χ0v) is 15.1. The number of nitrogens with zero attached hydrogens (tertiary/aromatic N) is 2. The molecule has 3 rings (SSSR count). The van der Waals surface area contributed by atoms with Gasteiger partial charge in [-0.15, -0.1) is 4.09 Å². The maximum absolute atomic E-state index is 13.5. The highest BCUT2D eigenvalue weighted by Crippen LogP contribution is 2.34. The van der Waals surface area contributed by atoms with E-state index in [0.29, 0.717) is 15.2 Å². The lowest BCUT2D eigenvalue weighted by atomic mass is 10.1. The number of aryl methyl sites for hydroxylation is 2. The number of hydrogen-bond donors (Lipinski definition) is 1. The first-order valence-electron chi connectivity index (χ1n) is 7.80. The van der Waals surface area contributed by atoms with Gasteiger partial charge in [0.2, 0.25) is 0 Å². The number of alkyl halides is 3. The maximum Gasteiger partial charge on any atom is 0.408 e. The molecular formula is C17H15F4N3O2S. The van der Waals surface area contributed by atoms with Crippen LogP contribution in [0, 0.1) is 19.7 Å². The largest absolute Gasteiger partial charge is 0.408 e. The Morgan fingerprint density at radius 1 is 1.07 bits per heavy atom. The Labute approximate surface area is 152 Å². The van der Waals surface area contributed by atoms with E-state index in [1.807, 2.05) is 0 Å². The molecule has 0 aliphatic carbocycles. The molecule has 144 valence electrons. The van der Waals surface area contributed by atoms with Crippen molar-refractivity contribution in [2.45, 2.75) is 26.1 Å². The third-order valence-corrected chi connectivity index (χ3v) is 5.35. The highest BCUT2D eigenvalue weighted by Gasteiger charge is 2.44. The number of fused-ring (bicyclic) bond motifs is 1. The first-order valence-corrected chi connectivity index (χ1v) is 9.24. The molecule has 27 heavy (non-hydrogen) atoms. The molecule has 10 heteroatoms. The molecule has 5 nitrogen and oxygen atoms in total. The molecule has 1 heterocycles. The predicted molar refractivity (Wildman–Crippen MR) is 91.9 cm³/mol. The van der Waals surface area contributed by atoms with Gasteiger partial charge in [-0.2, -0.15) is 31.4 Å². The van der Waals surface area contributed by atoms with Crippen LogP contribution in [0.15, 0.2) is 42.5 Å². The summed E-state index contributed by atoms with van der Waals surface area (Å²) in [5.74, 6) is -0.730. The summed E-state index contributed by atoms with van der Waals surface area (Å²) < 4.78 is 81.0. The van der Waals surface area contributed by atoms with E-state index in [4.69, 9.17) is 0 Å². The molecule has 0 bridgehead atoms. The second-order valence-electron chi connectivity index (χ2n) is 6.05. The molecule has 2 aromatic carbocycles. The van der Waals surface area contributed by atoms with Gasteiger partial charge in [-0.25, -0.2) is 4.39 Å². The average molecular weight is 401 g/mol. The highest BCUT2D eigenvalue weighted by molar-refractivity contribution is 7.88. The van der Waals surface area contributed by atoms with E-state index in [-0.39, 0.29) is 5.52 Å². The van der Waals surface area contributed by atoms with Crippen LogP contribution in [-0.2, 0) is 10.2 Å². The van der Waals surface area contributed by atoms with Crippen LogP contribution < -0.4 is 4.72 Å². The van der Waals surface area contributed by atoms with E-state index in [9.17, 15) is 26.0 Å². The number of rotatable bonds is 4. The smallest absolute Gasteiger partial charge is 0.207 e. The van der Waals surface area contributed by atoms with Crippen LogP contribution in [0.1, 0.15) is 22.9 Å². The van der Waals surface area contributed by atoms with E-state index in [1.54, 1.807) is 30.7 Å². The van der Waals surface area contributed by atoms with Crippen molar-refractivity contribution in [3.05, 3.63) is 65.1 Å². The molecular weight excluding hydrogens is 386 g/mol. The van der Waals surface area contributed by atoms with Gasteiger partial charge in [0.25, 0.3) is 0 Å². The Bertz CT molecular complexity index is 1090. The monoisotopic (exact) mass is 401 g/mol. The predicted octanol–water partition coefficient (Wildman–Crippen LogP) is 3.78. The van der Waals surface area contributed by atoms with Crippen LogP contribution in [0.3, 0.4) is 0 Å². The molecule has 1 atom stereocenters. The van der Waals surface area contributed by atoms with E-state index in [0.717, 1.165) is 29.8 Å². The fourth-order valence-corrected chi connectivity index (χ4v) is 4.19. The number of nitrogens with one attached hydrogen (secondary N) is 1. The molecule has 0 saturated heterocycles. The molecule has 1 aromatic heterocycles. The Kier molecular flexibility index (Phi) is 4.73. The Morgan fingerprint density at radius 3 is 2.30 bits per heavy atom. The van der Waals surface area contributed by atoms with Gasteiger partial charge in [-0.3, -0.25) is 0 Å². The number of hydrogen-bond acceptors (Lipinski definition) is 3. The zero-order valence-electron chi connectivity index (χ0n) is 14.2. The van der Waals surface area contributed by atoms with Crippen LogP contribution in [0.4, 0.5) is 17.6 Å². The molecule has 1 unspecified atom stereocenters. The van der Waals surface area contributed by atoms with Crippen molar-refractivity contribution in [2.75, 3.05) is 0 Å². The van der Waals surface area contributed by atoms with Crippen molar-refractivity contribution in [1.82, 2.24) is 13.9 Å². The normalized spacial score (nSPS) is 13.9. The summed E-state index contributed by atoms with van der Waals surface area (Å²) in [6, 6.07) is 5.68. The quantitative estimate of drug-likeness (QED) is 0.677.